The summed E-state index contributed by atoms with van der Waals surface area (Å²) in [6.45, 7) is 3.93. The van der Waals surface area contributed by atoms with E-state index in [1.807, 2.05) is 60.7 Å². The zero-order chi connectivity index (χ0) is 27.1. The first-order chi connectivity index (χ1) is 18.3. The number of nitrogens with one attached hydrogen (secondary N) is 2. The van der Waals surface area contributed by atoms with Crippen molar-refractivity contribution in [1.29, 1.82) is 0 Å². The highest BCUT2D eigenvalue weighted by Crippen LogP contribution is 2.27. The minimum absolute atomic E-state index is 0.127. The molecule has 4 aromatic rings. The number of fused-ring (bicyclic) bond motifs is 1. The second kappa shape index (κ2) is 12.5. The molecule has 6 nitrogen and oxygen atoms in total. The van der Waals surface area contributed by atoms with E-state index in [9.17, 15) is 14.0 Å². The lowest BCUT2D eigenvalue weighted by Crippen LogP contribution is -2.48. The van der Waals surface area contributed by atoms with Gasteiger partial charge in [0, 0.05) is 10.0 Å². The molecule has 0 bridgehead atoms. The number of carbonyl (C=O) groups is 2. The van der Waals surface area contributed by atoms with Crippen molar-refractivity contribution in [2.45, 2.75) is 26.5 Å². The Kier molecular flexibility index (Phi) is 8.86. The van der Waals surface area contributed by atoms with Gasteiger partial charge in [-0.15, -0.1) is 0 Å². The van der Waals surface area contributed by atoms with Crippen LogP contribution >= 0.6 is 15.9 Å². The number of benzene rings is 4. The molecule has 0 radical (unpaired) electrons. The number of hydrogen-bond acceptors (Lipinski definition) is 4. The topological polar surface area (TPSA) is 79.8 Å². The second-order valence-corrected chi connectivity index (χ2v) is 9.94. The zero-order valence-corrected chi connectivity index (χ0v) is 22.5. The van der Waals surface area contributed by atoms with Crippen LogP contribution in [0, 0.1) is 11.7 Å². The summed E-state index contributed by atoms with van der Waals surface area (Å²) in [5, 5.41) is 8.70. The van der Waals surface area contributed by atoms with E-state index in [2.05, 4.69) is 31.8 Å². The Morgan fingerprint density at radius 1 is 0.974 bits per heavy atom. The fraction of sp³-hybridized carbons (Fsp3) is 0.167. The molecule has 4 aromatic carbocycles. The molecule has 0 saturated carbocycles. The van der Waals surface area contributed by atoms with Gasteiger partial charge in [0.25, 0.3) is 11.8 Å². The van der Waals surface area contributed by atoms with Crippen LogP contribution in [0.1, 0.15) is 35.3 Å². The quantitative estimate of drug-likeness (QED) is 0.183. The van der Waals surface area contributed by atoms with Crippen LogP contribution in [0.25, 0.3) is 10.8 Å². The molecule has 0 fully saturated rings. The van der Waals surface area contributed by atoms with Gasteiger partial charge in [0.15, 0.2) is 0 Å². The molecule has 0 spiro atoms. The largest absolute Gasteiger partial charge is 0.488 e. The predicted octanol–water partition coefficient (Wildman–Crippen LogP) is 6.23. The number of nitrogens with zero attached hydrogens (tertiary/aromatic N) is 1. The second-order valence-electron chi connectivity index (χ2n) is 9.02. The van der Waals surface area contributed by atoms with Crippen LogP contribution in [0.15, 0.2) is 94.5 Å². The molecule has 0 aliphatic carbocycles. The SMILES string of the molecule is CC(C)C(NC(=O)c1ccccc1F)C(=O)N/N=C/c1c(OCc2ccc(Br)cc2)ccc2ccccc12. The number of amides is 2. The van der Waals surface area contributed by atoms with Gasteiger partial charge in [-0.1, -0.05) is 84.4 Å². The molecule has 38 heavy (non-hydrogen) atoms. The lowest BCUT2D eigenvalue weighted by atomic mass is 10.0. The summed E-state index contributed by atoms with van der Waals surface area (Å²) in [5.74, 6) is -1.49. The van der Waals surface area contributed by atoms with E-state index in [0.29, 0.717) is 17.9 Å². The van der Waals surface area contributed by atoms with Crippen LogP contribution in [0.5, 0.6) is 5.75 Å². The summed E-state index contributed by atoms with van der Waals surface area (Å²) >= 11 is 3.43. The predicted molar refractivity (Wildman–Crippen MR) is 151 cm³/mol. The van der Waals surface area contributed by atoms with Crippen LogP contribution in [0.3, 0.4) is 0 Å². The van der Waals surface area contributed by atoms with E-state index in [0.717, 1.165) is 20.8 Å². The monoisotopic (exact) mass is 575 g/mol. The third kappa shape index (κ3) is 6.63. The lowest BCUT2D eigenvalue weighted by molar-refractivity contribution is -0.123. The molecule has 8 heteroatoms. The minimum Gasteiger partial charge on any atom is -0.488 e. The number of carbonyl (C=O) groups excluding carboxylic acids is 2. The van der Waals surface area contributed by atoms with Gasteiger partial charge in [-0.05, 0) is 52.6 Å². The van der Waals surface area contributed by atoms with E-state index in [1.54, 1.807) is 19.9 Å². The summed E-state index contributed by atoms with van der Waals surface area (Å²) in [4.78, 5) is 25.5. The van der Waals surface area contributed by atoms with E-state index in [4.69, 9.17) is 4.74 Å². The van der Waals surface area contributed by atoms with Crippen LogP contribution < -0.4 is 15.5 Å². The molecule has 2 amide bonds. The molecule has 194 valence electrons. The van der Waals surface area contributed by atoms with E-state index < -0.39 is 23.7 Å². The Balaban J connectivity index is 1.52. The third-order valence-electron chi connectivity index (χ3n) is 5.96. The Labute approximate surface area is 229 Å². The first-order valence-corrected chi connectivity index (χ1v) is 12.9. The van der Waals surface area contributed by atoms with Crippen molar-refractivity contribution in [3.05, 3.63) is 112 Å². The maximum absolute atomic E-state index is 14.0. The van der Waals surface area contributed by atoms with E-state index in [1.165, 1.54) is 24.4 Å². The van der Waals surface area contributed by atoms with Crippen LogP contribution in [-0.4, -0.2) is 24.1 Å². The van der Waals surface area contributed by atoms with Crippen LogP contribution in [-0.2, 0) is 11.4 Å². The van der Waals surface area contributed by atoms with Crippen LogP contribution in [0.4, 0.5) is 4.39 Å². The molecule has 0 aliphatic heterocycles. The average molecular weight is 576 g/mol. The summed E-state index contributed by atoms with van der Waals surface area (Å²) in [7, 11) is 0. The number of hydrogen-bond donors (Lipinski definition) is 2. The average Bonchev–Trinajstić information content (AvgIpc) is 2.91. The van der Waals surface area contributed by atoms with Crippen LogP contribution in [0.2, 0.25) is 0 Å². The van der Waals surface area contributed by atoms with Crippen molar-refractivity contribution in [2.24, 2.45) is 11.0 Å². The summed E-state index contributed by atoms with van der Waals surface area (Å²) in [5.41, 5.74) is 4.10. The van der Waals surface area contributed by atoms with Crippen molar-refractivity contribution >= 4 is 44.7 Å². The summed E-state index contributed by atoms with van der Waals surface area (Å²) < 4.78 is 21.1. The maximum atomic E-state index is 14.0. The molecular weight excluding hydrogens is 549 g/mol. The molecular formula is C30H27BrFN3O3. The Bertz CT molecular complexity index is 1470. The third-order valence-corrected chi connectivity index (χ3v) is 6.49. The molecule has 1 atom stereocenters. The van der Waals surface area contributed by atoms with Crippen molar-refractivity contribution in [3.63, 3.8) is 0 Å². The molecule has 0 saturated heterocycles. The highest BCUT2D eigenvalue weighted by molar-refractivity contribution is 9.10. The normalized spacial score (nSPS) is 12.0. The van der Waals surface area contributed by atoms with Crippen molar-refractivity contribution in [3.8, 4) is 5.75 Å². The number of ether oxygens (including phenoxy) is 1. The fourth-order valence-electron chi connectivity index (χ4n) is 3.91. The molecule has 0 heterocycles. The summed E-state index contributed by atoms with van der Waals surface area (Å²) in [6.07, 6.45) is 1.53. The molecule has 2 N–H and O–H groups in total. The fourth-order valence-corrected chi connectivity index (χ4v) is 4.17. The first-order valence-electron chi connectivity index (χ1n) is 12.1. The van der Waals surface area contributed by atoms with Gasteiger partial charge >= 0.3 is 0 Å². The number of hydrazone groups is 1. The van der Waals surface area contributed by atoms with Gasteiger partial charge in [-0.2, -0.15) is 5.10 Å². The van der Waals surface area contributed by atoms with Gasteiger partial charge in [0.1, 0.15) is 24.2 Å². The van der Waals surface area contributed by atoms with Crippen molar-refractivity contribution in [1.82, 2.24) is 10.7 Å². The Morgan fingerprint density at radius 3 is 2.42 bits per heavy atom. The van der Waals surface area contributed by atoms with Gasteiger partial charge in [-0.3, -0.25) is 9.59 Å². The van der Waals surface area contributed by atoms with E-state index >= 15 is 0 Å². The van der Waals surface area contributed by atoms with Gasteiger partial charge in [-0.25, -0.2) is 9.82 Å². The zero-order valence-electron chi connectivity index (χ0n) is 20.9. The maximum Gasteiger partial charge on any atom is 0.262 e. The van der Waals surface area contributed by atoms with Gasteiger partial charge in [0.2, 0.25) is 0 Å². The minimum atomic E-state index is -0.917. The van der Waals surface area contributed by atoms with Crippen molar-refractivity contribution in [2.75, 3.05) is 0 Å². The first kappa shape index (κ1) is 27.0. The molecule has 0 aromatic heterocycles. The molecule has 4 rings (SSSR count). The highest BCUT2D eigenvalue weighted by Gasteiger charge is 2.25. The number of rotatable bonds is 9. The lowest BCUT2D eigenvalue weighted by Gasteiger charge is -2.20. The Hall–Kier alpha value is -4.04. The molecule has 1 unspecified atom stereocenters. The Morgan fingerprint density at radius 2 is 1.68 bits per heavy atom. The van der Waals surface area contributed by atoms with Gasteiger partial charge in [0.05, 0.1) is 11.8 Å². The smallest absolute Gasteiger partial charge is 0.262 e. The molecule has 0 aliphatic rings. The number of halogens is 2. The van der Waals surface area contributed by atoms with E-state index in [-0.39, 0.29) is 11.5 Å². The van der Waals surface area contributed by atoms with Gasteiger partial charge < -0.3 is 10.1 Å². The highest BCUT2D eigenvalue weighted by atomic mass is 79.9. The standard InChI is InChI=1S/C30H27BrFN3O3/c1-19(2)28(34-29(36)24-9-5-6-10-26(24)32)30(37)35-33-17-25-23-8-4-3-7-21(23)13-16-27(25)38-18-20-11-14-22(31)15-12-20/h3-17,19,28H,18H2,1-2H3,(H,34,36)(H,35,37)/b33-17+. The van der Waals surface area contributed by atoms with Crippen molar-refractivity contribution < 1.29 is 18.7 Å². The summed E-state index contributed by atoms with van der Waals surface area (Å²) in [6, 6.07) is 24.2.